The summed E-state index contributed by atoms with van der Waals surface area (Å²) in [6.45, 7) is 3.55. The lowest BCUT2D eigenvalue weighted by atomic mass is 10.1. The van der Waals surface area contributed by atoms with E-state index in [2.05, 4.69) is 42.1 Å². The first-order valence-electron chi connectivity index (χ1n) is 6.11. The molecule has 0 amide bonds. The van der Waals surface area contributed by atoms with E-state index < -0.39 is 0 Å². The molecule has 18 heavy (non-hydrogen) atoms. The molecule has 0 saturated heterocycles. The number of para-hydroxylation sites is 1. The minimum atomic E-state index is 0.567. The Morgan fingerprint density at radius 3 is 2.56 bits per heavy atom. The van der Waals surface area contributed by atoms with Gasteiger partial charge in [0.25, 0.3) is 0 Å². The Labute approximate surface area is 108 Å². The Kier molecular flexibility index (Phi) is 3.95. The average Bonchev–Trinajstić information content (AvgIpc) is 2.39. The van der Waals surface area contributed by atoms with Crippen molar-refractivity contribution >= 4 is 5.69 Å². The fourth-order valence-electron chi connectivity index (χ4n) is 2.27. The Morgan fingerprint density at radius 2 is 1.89 bits per heavy atom. The molecule has 1 heterocycles. The van der Waals surface area contributed by atoms with Crippen LogP contribution in [0, 0.1) is 6.92 Å². The number of aromatic nitrogens is 1. The van der Waals surface area contributed by atoms with E-state index in [1.807, 2.05) is 24.5 Å². The number of hydrogen-bond acceptors (Lipinski definition) is 3. The first kappa shape index (κ1) is 12.6. The van der Waals surface area contributed by atoms with Gasteiger partial charge in [-0.2, -0.15) is 0 Å². The molecule has 1 aromatic carbocycles. The van der Waals surface area contributed by atoms with Crippen molar-refractivity contribution in [3.63, 3.8) is 0 Å². The Balaban J connectivity index is 2.26. The average molecular weight is 241 g/mol. The van der Waals surface area contributed by atoms with Crippen LogP contribution in [0.15, 0.2) is 42.7 Å². The van der Waals surface area contributed by atoms with Crippen LogP contribution >= 0.6 is 0 Å². The van der Waals surface area contributed by atoms with Crippen LogP contribution in [-0.2, 0) is 13.1 Å². The third kappa shape index (κ3) is 2.68. The van der Waals surface area contributed by atoms with Gasteiger partial charge in [-0.15, -0.1) is 0 Å². The predicted octanol–water partition coefficient (Wildman–Crippen LogP) is 2.49. The monoisotopic (exact) mass is 241 g/mol. The molecule has 2 N–H and O–H groups in total. The smallest absolute Gasteiger partial charge is 0.0441 e. The quantitative estimate of drug-likeness (QED) is 0.894. The first-order chi connectivity index (χ1) is 8.72. The number of rotatable bonds is 4. The molecular formula is C15H19N3. The molecule has 0 aliphatic heterocycles. The number of pyridine rings is 1. The van der Waals surface area contributed by atoms with Crippen LogP contribution in [0.3, 0.4) is 0 Å². The second-order valence-corrected chi connectivity index (χ2v) is 4.50. The molecule has 1 aromatic heterocycles. The van der Waals surface area contributed by atoms with E-state index in [1.165, 1.54) is 22.4 Å². The molecule has 0 bridgehead atoms. The van der Waals surface area contributed by atoms with E-state index in [4.69, 9.17) is 5.73 Å². The van der Waals surface area contributed by atoms with Crippen molar-refractivity contribution < 1.29 is 0 Å². The lowest BCUT2D eigenvalue weighted by Crippen LogP contribution is -2.20. The number of hydrogen-bond donors (Lipinski definition) is 1. The molecule has 94 valence electrons. The summed E-state index contributed by atoms with van der Waals surface area (Å²) >= 11 is 0. The molecule has 3 heteroatoms. The van der Waals surface area contributed by atoms with Crippen LogP contribution in [0.25, 0.3) is 0 Å². The zero-order chi connectivity index (χ0) is 13.0. The topological polar surface area (TPSA) is 42.1 Å². The number of benzene rings is 1. The lowest BCUT2D eigenvalue weighted by molar-refractivity contribution is 0.895. The van der Waals surface area contributed by atoms with Gasteiger partial charge < -0.3 is 10.6 Å². The standard InChI is InChI=1S/C15H19N3/c1-12-4-3-5-14(10-16)15(12)18(2)11-13-6-8-17-9-7-13/h3-9H,10-11,16H2,1-2H3. The first-order valence-corrected chi connectivity index (χ1v) is 6.11. The molecular weight excluding hydrogens is 222 g/mol. The molecule has 0 spiro atoms. The maximum absolute atomic E-state index is 5.81. The largest absolute Gasteiger partial charge is 0.370 e. The second kappa shape index (κ2) is 5.65. The highest BCUT2D eigenvalue weighted by molar-refractivity contribution is 5.59. The van der Waals surface area contributed by atoms with Crippen molar-refractivity contribution in [2.75, 3.05) is 11.9 Å². The zero-order valence-corrected chi connectivity index (χ0v) is 10.9. The van der Waals surface area contributed by atoms with Crippen LogP contribution in [-0.4, -0.2) is 12.0 Å². The summed E-state index contributed by atoms with van der Waals surface area (Å²) < 4.78 is 0. The summed E-state index contributed by atoms with van der Waals surface area (Å²) in [5, 5.41) is 0. The molecule has 3 nitrogen and oxygen atoms in total. The summed E-state index contributed by atoms with van der Waals surface area (Å²) in [6.07, 6.45) is 3.65. The fourth-order valence-corrected chi connectivity index (χ4v) is 2.27. The van der Waals surface area contributed by atoms with Gasteiger partial charge in [0, 0.05) is 38.2 Å². The summed E-state index contributed by atoms with van der Waals surface area (Å²) in [7, 11) is 2.10. The highest BCUT2D eigenvalue weighted by Crippen LogP contribution is 2.25. The van der Waals surface area contributed by atoms with E-state index in [1.54, 1.807) is 0 Å². The minimum Gasteiger partial charge on any atom is -0.370 e. The molecule has 0 aliphatic carbocycles. The number of aryl methyl sites for hydroxylation is 1. The second-order valence-electron chi connectivity index (χ2n) is 4.50. The van der Waals surface area contributed by atoms with Gasteiger partial charge in [-0.25, -0.2) is 0 Å². The van der Waals surface area contributed by atoms with Gasteiger partial charge in [-0.1, -0.05) is 18.2 Å². The Hall–Kier alpha value is -1.87. The third-order valence-corrected chi connectivity index (χ3v) is 3.09. The van der Waals surface area contributed by atoms with Crippen molar-refractivity contribution in [2.45, 2.75) is 20.0 Å². The zero-order valence-electron chi connectivity index (χ0n) is 10.9. The Bertz CT molecular complexity index is 508. The number of nitrogens with two attached hydrogens (primary N) is 1. The molecule has 0 atom stereocenters. The van der Waals surface area contributed by atoms with Gasteiger partial charge in [0.1, 0.15) is 0 Å². The molecule has 0 unspecified atom stereocenters. The van der Waals surface area contributed by atoms with E-state index in [0.717, 1.165) is 6.54 Å². The van der Waals surface area contributed by atoms with E-state index in [9.17, 15) is 0 Å². The summed E-state index contributed by atoms with van der Waals surface area (Å²) in [5.74, 6) is 0. The molecule has 0 fully saturated rings. The van der Waals surface area contributed by atoms with Gasteiger partial charge in [-0.05, 0) is 35.7 Å². The van der Waals surface area contributed by atoms with Gasteiger partial charge in [0.15, 0.2) is 0 Å². The normalized spacial score (nSPS) is 10.4. The van der Waals surface area contributed by atoms with Crippen LogP contribution < -0.4 is 10.6 Å². The summed E-state index contributed by atoms with van der Waals surface area (Å²) in [6, 6.07) is 10.3. The van der Waals surface area contributed by atoms with Crippen molar-refractivity contribution in [1.82, 2.24) is 4.98 Å². The summed E-state index contributed by atoms with van der Waals surface area (Å²) in [5.41, 5.74) is 10.7. The third-order valence-electron chi connectivity index (χ3n) is 3.09. The van der Waals surface area contributed by atoms with E-state index in [0.29, 0.717) is 6.54 Å². The highest BCUT2D eigenvalue weighted by Gasteiger charge is 2.09. The number of anilines is 1. The van der Waals surface area contributed by atoms with E-state index in [-0.39, 0.29) is 0 Å². The van der Waals surface area contributed by atoms with Crippen LogP contribution in [0.4, 0.5) is 5.69 Å². The SMILES string of the molecule is Cc1cccc(CN)c1N(C)Cc1ccncc1. The van der Waals surface area contributed by atoms with Crippen LogP contribution in [0.5, 0.6) is 0 Å². The summed E-state index contributed by atoms with van der Waals surface area (Å²) in [4.78, 5) is 6.28. The minimum absolute atomic E-state index is 0.567. The van der Waals surface area contributed by atoms with Crippen molar-refractivity contribution in [3.05, 3.63) is 59.4 Å². The van der Waals surface area contributed by atoms with Gasteiger partial charge >= 0.3 is 0 Å². The van der Waals surface area contributed by atoms with Crippen molar-refractivity contribution in [3.8, 4) is 0 Å². The van der Waals surface area contributed by atoms with Gasteiger partial charge in [0.05, 0.1) is 0 Å². The maximum atomic E-state index is 5.81. The van der Waals surface area contributed by atoms with E-state index >= 15 is 0 Å². The maximum Gasteiger partial charge on any atom is 0.0441 e. The lowest BCUT2D eigenvalue weighted by Gasteiger charge is -2.24. The van der Waals surface area contributed by atoms with Gasteiger partial charge in [-0.3, -0.25) is 4.98 Å². The van der Waals surface area contributed by atoms with Gasteiger partial charge in [0.2, 0.25) is 0 Å². The molecule has 2 aromatic rings. The van der Waals surface area contributed by atoms with Crippen molar-refractivity contribution in [1.29, 1.82) is 0 Å². The highest BCUT2D eigenvalue weighted by atomic mass is 15.1. The number of nitrogens with zero attached hydrogens (tertiary/aromatic N) is 2. The molecule has 0 aliphatic rings. The molecule has 2 rings (SSSR count). The Morgan fingerprint density at radius 1 is 1.17 bits per heavy atom. The van der Waals surface area contributed by atoms with Crippen LogP contribution in [0.1, 0.15) is 16.7 Å². The molecule has 0 radical (unpaired) electrons. The predicted molar refractivity (Wildman–Crippen MR) is 75.4 cm³/mol. The van der Waals surface area contributed by atoms with Crippen LogP contribution in [0.2, 0.25) is 0 Å². The fraction of sp³-hybridized carbons (Fsp3) is 0.267. The van der Waals surface area contributed by atoms with Crippen molar-refractivity contribution in [2.24, 2.45) is 5.73 Å². The molecule has 0 saturated carbocycles.